The zero-order valence-electron chi connectivity index (χ0n) is 20.9. The molecule has 2 heterocycles. The van der Waals surface area contributed by atoms with E-state index in [0.29, 0.717) is 10.6 Å². The van der Waals surface area contributed by atoms with E-state index in [9.17, 15) is 98.7 Å². The molecule has 0 bridgehead atoms. The van der Waals surface area contributed by atoms with Crippen molar-refractivity contribution in [2.75, 3.05) is 10.6 Å². The van der Waals surface area contributed by atoms with Crippen molar-refractivity contribution in [1.82, 2.24) is 0 Å². The molecule has 9 nitrogen and oxygen atoms in total. The number of rotatable bonds is 7. The third-order valence-corrected chi connectivity index (χ3v) is 6.34. The number of nitrogens with one attached hydrogen (secondary N) is 2. The maximum Gasteiger partial charge on any atom is 0.428 e. The van der Waals surface area contributed by atoms with Gasteiger partial charge in [-0.15, -0.1) is 0 Å². The molecule has 0 saturated carbocycles. The van der Waals surface area contributed by atoms with Crippen molar-refractivity contribution >= 4 is 28.9 Å². The van der Waals surface area contributed by atoms with Crippen molar-refractivity contribution in [3.63, 3.8) is 0 Å². The quantitative estimate of drug-likeness (QED) is 0.198. The molecule has 2 fully saturated rings. The van der Waals surface area contributed by atoms with E-state index in [1.54, 1.807) is 0 Å². The summed E-state index contributed by atoms with van der Waals surface area (Å²) in [5, 5.41) is 12.3. The molecule has 260 valence electrons. The summed E-state index contributed by atoms with van der Waals surface area (Å²) in [6.45, 7) is 0.285. The second kappa shape index (κ2) is 9.63. The van der Waals surface area contributed by atoms with Gasteiger partial charge in [-0.1, -0.05) is 0 Å². The number of carbonyl (C=O) groups excluding carboxylic acids is 2. The van der Waals surface area contributed by atoms with Crippen LogP contribution in [-0.4, -0.2) is 76.2 Å². The number of nitrogens with zero attached hydrogens (tertiary/aromatic N) is 1. The van der Waals surface area contributed by atoms with Gasteiger partial charge in [0.1, 0.15) is 0 Å². The number of anilines is 2. The number of alkyl halides is 18. The van der Waals surface area contributed by atoms with Gasteiger partial charge < -0.3 is 10.6 Å². The Morgan fingerprint density at radius 3 is 1.15 bits per heavy atom. The number of ether oxygens (including phenoxy) is 2. The van der Waals surface area contributed by atoms with Crippen LogP contribution in [0.4, 0.5) is 96.1 Å². The lowest BCUT2D eigenvalue weighted by atomic mass is 9.98. The largest absolute Gasteiger partial charge is 0.428 e. The first-order valence-electron chi connectivity index (χ1n) is 10.9. The molecule has 0 aromatic heterocycles. The third kappa shape index (κ3) is 4.28. The molecule has 0 spiro atoms. The fourth-order valence-corrected chi connectivity index (χ4v) is 3.66. The number of halogens is 18. The highest BCUT2D eigenvalue weighted by Gasteiger charge is 2.97. The molecule has 2 aliphatic heterocycles. The summed E-state index contributed by atoms with van der Waals surface area (Å²) < 4.78 is 252. The summed E-state index contributed by atoms with van der Waals surface area (Å²) in [5.41, 5.74) is -6.55. The summed E-state index contributed by atoms with van der Waals surface area (Å²) in [5.74, 6) is -63.3. The third-order valence-electron chi connectivity index (χ3n) is 6.34. The minimum Gasteiger partial charge on any atom is -0.320 e. The van der Waals surface area contributed by atoms with Gasteiger partial charge in [-0.25, -0.2) is 0 Å². The van der Waals surface area contributed by atoms with Crippen molar-refractivity contribution in [2.45, 2.75) is 66.4 Å². The van der Waals surface area contributed by atoms with Crippen LogP contribution in [0.5, 0.6) is 0 Å². The summed E-state index contributed by atoms with van der Waals surface area (Å²) in [7, 11) is 0. The summed E-state index contributed by atoms with van der Waals surface area (Å²) in [4.78, 5) is 33.5. The Kier molecular flexibility index (Phi) is 7.68. The Labute approximate surface area is 237 Å². The summed E-state index contributed by atoms with van der Waals surface area (Å²) >= 11 is 0. The minimum absolute atomic E-state index is 0.176. The molecular formula is C19H7F18N3O6. The van der Waals surface area contributed by atoms with Crippen LogP contribution in [0.2, 0.25) is 0 Å². The zero-order chi connectivity index (χ0) is 36.3. The van der Waals surface area contributed by atoms with Gasteiger partial charge in [0.15, 0.2) is 0 Å². The van der Waals surface area contributed by atoms with Crippen LogP contribution in [0.25, 0.3) is 0 Å². The number of non-ortho nitro benzene ring substituents is 1. The number of hydrogen-bond acceptors (Lipinski definition) is 6. The van der Waals surface area contributed by atoms with Crippen LogP contribution in [0.1, 0.15) is 5.56 Å². The first-order valence-corrected chi connectivity index (χ1v) is 10.9. The minimum atomic E-state index is -7.22. The van der Waals surface area contributed by atoms with E-state index in [0.717, 1.165) is 0 Å². The maximum absolute atomic E-state index is 14.5. The molecule has 0 aliphatic carbocycles. The molecule has 2 unspecified atom stereocenters. The second-order valence-electron chi connectivity index (χ2n) is 9.21. The van der Waals surface area contributed by atoms with E-state index < -0.39 is 98.8 Å². The number of hydrogen-bond donors (Lipinski definition) is 2. The first-order chi connectivity index (χ1) is 20.1. The zero-order valence-corrected chi connectivity index (χ0v) is 20.9. The van der Waals surface area contributed by atoms with Gasteiger partial charge in [0.05, 0.1) is 16.3 Å². The highest BCUT2D eigenvalue weighted by Crippen LogP contribution is 2.66. The van der Waals surface area contributed by atoms with E-state index >= 15 is 0 Å². The molecular weight excluding hydrogens is 708 g/mol. The number of benzene rings is 1. The highest BCUT2D eigenvalue weighted by molar-refractivity contribution is 6.02. The summed E-state index contributed by atoms with van der Waals surface area (Å²) in [6, 6.07) is -0.351. The number of nitro groups is 1. The predicted octanol–water partition coefficient (Wildman–Crippen LogP) is 6.17. The van der Waals surface area contributed by atoms with Crippen molar-refractivity contribution in [3.05, 3.63) is 27.8 Å². The first kappa shape index (κ1) is 36.7. The SMILES string of the molecule is Cc1c(NC(=O)C(F)(F)C2(F)OC(F)(F)C(F)(F)C2(F)F)cc([N+](=O)[O-])cc1NC(=O)C(F)(F)C1(F)OC(F)(F)C(F)(F)C1(F)F. The predicted molar refractivity (Wildman–Crippen MR) is 105 cm³/mol. The second-order valence-corrected chi connectivity index (χ2v) is 9.21. The fraction of sp³-hybridized carbons (Fsp3) is 0.579. The topological polar surface area (TPSA) is 120 Å². The van der Waals surface area contributed by atoms with Crippen LogP contribution < -0.4 is 10.6 Å². The van der Waals surface area contributed by atoms with E-state index in [1.165, 1.54) is 0 Å². The van der Waals surface area contributed by atoms with Gasteiger partial charge >= 0.3 is 71.3 Å². The smallest absolute Gasteiger partial charge is 0.320 e. The lowest BCUT2D eigenvalue weighted by molar-refractivity contribution is -0.384. The summed E-state index contributed by atoms with van der Waals surface area (Å²) in [6.07, 6.45) is -13.4. The van der Waals surface area contributed by atoms with Gasteiger partial charge in [-0.2, -0.15) is 79.0 Å². The standard InChI is InChI=1S/C19H7F18N3O6/c1-4-6(38-8(41)10(20,21)16(32)12(24,25)14(28,29)18(34,35)45-16)2-5(40(43)44)3-7(4)39-9(42)11(22,23)17(33)13(26,27)15(30,31)19(36,37)46-17/h2-3H,1H3,(H,38,41)(H,39,42). The van der Waals surface area contributed by atoms with Gasteiger partial charge in [0.25, 0.3) is 5.69 Å². The van der Waals surface area contributed by atoms with E-state index in [1.807, 2.05) is 0 Å². The monoisotopic (exact) mass is 715 g/mol. The van der Waals surface area contributed by atoms with Gasteiger partial charge in [0.2, 0.25) is 0 Å². The Morgan fingerprint density at radius 1 is 0.652 bits per heavy atom. The molecule has 2 amide bonds. The number of nitro benzene ring substituents is 1. The molecule has 2 atom stereocenters. The molecule has 1 aromatic carbocycles. The van der Waals surface area contributed by atoms with Crippen molar-refractivity contribution in [1.29, 1.82) is 0 Å². The average Bonchev–Trinajstić information content (AvgIpc) is 3.05. The lowest BCUT2D eigenvalue weighted by Gasteiger charge is -2.32. The Morgan fingerprint density at radius 2 is 0.935 bits per heavy atom. The fourth-order valence-electron chi connectivity index (χ4n) is 3.66. The van der Waals surface area contributed by atoms with Crippen molar-refractivity contribution in [2.24, 2.45) is 0 Å². The molecule has 3 rings (SSSR count). The Hall–Kier alpha value is -3.78. The van der Waals surface area contributed by atoms with Gasteiger partial charge in [0, 0.05) is 12.1 Å². The lowest BCUT2D eigenvalue weighted by Crippen LogP contribution is -2.63. The number of carbonyl (C=O) groups is 2. The Bertz CT molecular complexity index is 1400. The molecule has 46 heavy (non-hydrogen) atoms. The highest BCUT2D eigenvalue weighted by atomic mass is 19.4. The normalized spacial score (nSPS) is 28.8. The van der Waals surface area contributed by atoms with Gasteiger partial charge in [-0.05, 0) is 12.5 Å². The molecule has 2 saturated heterocycles. The van der Waals surface area contributed by atoms with Crippen molar-refractivity contribution < 1.29 is 103 Å². The van der Waals surface area contributed by atoms with Crippen LogP contribution in [-0.2, 0) is 19.1 Å². The van der Waals surface area contributed by atoms with Crippen molar-refractivity contribution in [3.8, 4) is 0 Å². The number of amides is 2. The van der Waals surface area contributed by atoms with E-state index in [2.05, 4.69) is 9.47 Å². The van der Waals surface area contributed by atoms with Crippen LogP contribution >= 0.6 is 0 Å². The maximum atomic E-state index is 14.5. The van der Waals surface area contributed by atoms with Crippen LogP contribution in [0.3, 0.4) is 0 Å². The van der Waals surface area contributed by atoms with E-state index in [-0.39, 0.29) is 19.1 Å². The van der Waals surface area contributed by atoms with Crippen LogP contribution in [0.15, 0.2) is 12.1 Å². The molecule has 2 N–H and O–H groups in total. The van der Waals surface area contributed by atoms with Gasteiger partial charge in [-0.3, -0.25) is 29.2 Å². The van der Waals surface area contributed by atoms with Crippen LogP contribution in [0, 0.1) is 17.0 Å². The average molecular weight is 715 g/mol. The molecule has 2 aliphatic rings. The molecule has 27 heteroatoms. The molecule has 0 radical (unpaired) electrons. The van der Waals surface area contributed by atoms with E-state index in [4.69, 9.17) is 0 Å². The Balaban J connectivity index is 2.05. The molecule has 1 aromatic rings.